The van der Waals surface area contributed by atoms with E-state index in [-0.39, 0.29) is 0 Å². The van der Waals surface area contributed by atoms with E-state index in [0.29, 0.717) is 5.95 Å². The minimum atomic E-state index is 0.649. The lowest BCUT2D eigenvalue weighted by Crippen LogP contribution is -2.35. The molecule has 1 aliphatic heterocycles. The van der Waals surface area contributed by atoms with Gasteiger partial charge in [0.05, 0.1) is 0 Å². The van der Waals surface area contributed by atoms with Crippen molar-refractivity contribution in [2.75, 3.05) is 48.3 Å². The average molecular weight is 278 g/mol. The molecule has 20 heavy (non-hydrogen) atoms. The van der Waals surface area contributed by atoms with Crippen LogP contribution in [0.25, 0.3) is 0 Å². The third kappa shape index (κ3) is 3.29. The molecule has 1 aromatic rings. The van der Waals surface area contributed by atoms with Crippen molar-refractivity contribution in [2.45, 2.75) is 33.6 Å². The van der Waals surface area contributed by atoms with Gasteiger partial charge in [-0.2, -0.15) is 15.0 Å². The summed E-state index contributed by atoms with van der Waals surface area (Å²) in [6, 6.07) is 0. The summed E-state index contributed by atoms with van der Waals surface area (Å²) >= 11 is 0. The van der Waals surface area contributed by atoms with E-state index in [4.69, 9.17) is 0 Å². The van der Waals surface area contributed by atoms with Crippen molar-refractivity contribution in [3.8, 4) is 0 Å². The Hall–Kier alpha value is -1.59. The Balaban J connectivity index is 2.25. The fourth-order valence-corrected chi connectivity index (χ4v) is 2.46. The van der Waals surface area contributed by atoms with Gasteiger partial charge in [-0.25, -0.2) is 0 Å². The van der Waals surface area contributed by atoms with Crippen molar-refractivity contribution in [2.24, 2.45) is 5.92 Å². The Labute approximate surface area is 121 Å². The topological polar surface area (TPSA) is 57.2 Å². The molecule has 0 spiro atoms. The predicted octanol–water partition coefficient (Wildman–Crippen LogP) is 2.00. The molecule has 6 heteroatoms. The maximum absolute atomic E-state index is 4.66. The van der Waals surface area contributed by atoms with Gasteiger partial charge in [0.15, 0.2) is 0 Å². The highest BCUT2D eigenvalue weighted by atomic mass is 15.4. The van der Waals surface area contributed by atoms with Crippen molar-refractivity contribution in [1.29, 1.82) is 0 Å². The zero-order valence-corrected chi connectivity index (χ0v) is 13.1. The van der Waals surface area contributed by atoms with Crippen LogP contribution in [0.3, 0.4) is 0 Å². The molecule has 1 fully saturated rings. The fraction of sp³-hybridized carbons (Fsp3) is 0.786. The highest BCUT2D eigenvalue weighted by Gasteiger charge is 2.20. The number of piperidine rings is 1. The minimum absolute atomic E-state index is 0.649. The molecule has 0 aromatic carbocycles. The average Bonchev–Trinajstić information content (AvgIpc) is 2.49. The summed E-state index contributed by atoms with van der Waals surface area (Å²) in [4.78, 5) is 18.1. The molecular weight excluding hydrogens is 252 g/mol. The van der Waals surface area contributed by atoms with Crippen LogP contribution in [0, 0.1) is 5.92 Å². The van der Waals surface area contributed by atoms with Gasteiger partial charge in [-0.1, -0.05) is 6.92 Å². The molecule has 0 aliphatic carbocycles. The monoisotopic (exact) mass is 278 g/mol. The first kappa shape index (κ1) is 14.8. The molecule has 1 aliphatic rings. The highest BCUT2D eigenvalue weighted by molar-refractivity contribution is 5.45. The summed E-state index contributed by atoms with van der Waals surface area (Å²) in [6.07, 6.45) is 2.42. The second kappa shape index (κ2) is 6.72. The van der Waals surface area contributed by atoms with Crippen molar-refractivity contribution in [3.63, 3.8) is 0 Å². The molecule has 2 rings (SSSR count). The molecule has 2 heterocycles. The maximum atomic E-state index is 4.66. The third-order valence-electron chi connectivity index (χ3n) is 3.95. The van der Waals surface area contributed by atoms with E-state index >= 15 is 0 Å². The van der Waals surface area contributed by atoms with Crippen LogP contribution < -0.4 is 15.1 Å². The molecule has 6 nitrogen and oxygen atoms in total. The molecule has 0 amide bonds. The first-order valence-corrected chi connectivity index (χ1v) is 7.61. The highest BCUT2D eigenvalue weighted by Crippen LogP contribution is 2.22. The normalized spacial score (nSPS) is 16.3. The van der Waals surface area contributed by atoms with Crippen LogP contribution in [0.15, 0.2) is 0 Å². The Bertz CT molecular complexity index is 424. The van der Waals surface area contributed by atoms with Crippen LogP contribution in [0.4, 0.5) is 17.8 Å². The second-order valence-electron chi connectivity index (χ2n) is 5.35. The number of hydrogen-bond donors (Lipinski definition) is 1. The van der Waals surface area contributed by atoms with E-state index in [1.165, 1.54) is 12.8 Å². The molecule has 0 unspecified atom stereocenters. The van der Waals surface area contributed by atoms with E-state index in [9.17, 15) is 0 Å². The number of rotatable bonds is 5. The van der Waals surface area contributed by atoms with Gasteiger partial charge in [-0.15, -0.1) is 0 Å². The van der Waals surface area contributed by atoms with E-state index < -0.39 is 0 Å². The zero-order valence-electron chi connectivity index (χ0n) is 13.1. The van der Waals surface area contributed by atoms with Crippen LogP contribution in [0.1, 0.15) is 33.6 Å². The molecule has 1 N–H and O–H groups in total. The summed E-state index contributed by atoms with van der Waals surface area (Å²) in [5.41, 5.74) is 0. The summed E-state index contributed by atoms with van der Waals surface area (Å²) < 4.78 is 0. The summed E-state index contributed by atoms with van der Waals surface area (Å²) in [5, 5.41) is 3.04. The first-order valence-electron chi connectivity index (χ1n) is 7.61. The fourth-order valence-electron chi connectivity index (χ4n) is 2.46. The number of nitrogens with one attached hydrogen (secondary N) is 1. The van der Waals surface area contributed by atoms with Gasteiger partial charge < -0.3 is 15.1 Å². The van der Waals surface area contributed by atoms with Crippen LogP contribution in [-0.2, 0) is 0 Å². The SMILES string of the molecule is CCN(CC)c1nc(NC)nc(N2CCC(C)CC2)n1. The lowest BCUT2D eigenvalue weighted by molar-refractivity contribution is 0.434. The maximum Gasteiger partial charge on any atom is 0.231 e. The van der Waals surface area contributed by atoms with E-state index in [0.717, 1.165) is 44.0 Å². The lowest BCUT2D eigenvalue weighted by Gasteiger charge is -2.31. The third-order valence-corrected chi connectivity index (χ3v) is 3.95. The van der Waals surface area contributed by atoms with Crippen molar-refractivity contribution < 1.29 is 0 Å². The van der Waals surface area contributed by atoms with Crippen LogP contribution in [0.2, 0.25) is 0 Å². The number of hydrogen-bond acceptors (Lipinski definition) is 6. The molecular formula is C14H26N6. The van der Waals surface area contributed by atoms with Gasteiger partial charge in [0, 0.05) is 33.2 Å². The quantitative estimate of drug-likeness (QED) is 0.889. The van der Waals surface area contributed by atoms with E-state index in [1.807, 2.05) is 7.05 Å². The van der Waals surface area contributed by atoms with Crippen molar-refractivity contribution >= 4 is 17.8 Å². The van der Waals surface area contributed by atoms with Crippen molar-refractivity contribution in [3.05, 3.63) is 0 Å². The van der Waals surface area contributed by atoms with Gasteiger partial charge in [0.2, 0.25) is 17.8 Å². The molecule has 1 saturated heterocycles. The molecule has 0 atom stereocenters. The standard InChI is InChI=1S/C14H26N6/c1-5-19(6-2)13-16-12(15-4)17-14(18-13)20-9-7-11(3)8-10-20/h11H,5-10H2,1-4H3,(H,15,16,17,18). The summed E-state index contributed by atoms with van der Waals surface area (Å²) in [5.74, 6) is 3.02. The van der Waals surface area contributed by atoms with Crippen molar-refractivity contribution in [1.82, 2.24) is 15.0 Å². The number of aromatic nitrogens is 3. The van der Waals surface area contributed by atoms with E-state index in [2.05, 4.69) is 50.8 Å². The second-order valence-corrected chi connectivity index (χ2v) is 5.35. The molecule has 1 aromatic heterocycles. The molecule has 0 radical (unpaired) electrons. The Kier molecular flexibility index (Phi) is 4.98. The van der Waals surface area contributed by atoms with Gasteiger partial charge in [0.1, 0.15) is 0 Å². The summed E-state index contributed by atoms with van der Waals surface area (Å²) in [7, 11) is 1.85. The molecule has 112 valence electrons. The predicted molar refractivity (Wildman–Crippen MR) is 83.5 cm³/mol. The van der Waals surface area contributed by atoms with Gasteiger partial charge >= 0.3 is 0 Å². The van der Waals surface area contributed by atoms with E-state index in [1.54, 1.807) is 0 Å². The van der Waals surface area contributed by atoms with Gasteiger partial charge in [-0.3, -0.25) is 0 Å². The smallest absolute Gasteiger partial charge is 0.231 e. The number of nitrogens with zero attached hydrogens (tertiary/aromatic N) is 5. The Morgan fingerprint density at radius 1 is 1.15 bits per heavy atom. The number of anilines is 3. The zero-order chi connectivity index (χ0) is 14.5. The first-order chi connectivity index (χ1) is 9.67. The van der Waals surface area contributed by atoms with Gasteiger partial charge in [0.25, 0.3) is 0 Å². The van der Waals surface area contributed by atoms with Gasteiger partial charge in [-0.05, 0) is 32.6 Å². The molecule has 0 saturated carbocycles. The van der Waals surface area contributed by atoms with Crippen LogP contribution >= 0.6 is 0 Å². The van der Waals surface area contributed by atoms with Crippen LogP contribution in [0.5, 0.6) is 0 Å². The molecule has 0 bridgehead atoms. The minimum Gasteiger partial charge on any atom is -0.357 e. The Morgan fingerprint density at radius 2 is 1.80 bits per heavy atom. The van der Waals surface area contributed by atoms with Crippen LogP contribution in [-0.4, -0.2) is 48.2 Å². The summed E-state index contributed by atoms with van der Waals surface area (Å²) in [6.45, 7) is 10.4. The lowest BCUT2D eigenvalue weighted by atomic mass is 10.00. The largest absolute Gasteiger partial charge is 0.357 e. The Morgan fingerprint density at radius 3 is 2.35 bits per heavy atom.